The van der Waals surface area contributed by atoms with Gasteiger partial charge < -0.3 is 10.7 Å². The second-order valence-corrected chi connectivity index (χ2v) is 3.48. The predicted molar refractivity (Wildman–Crippen MR) is 52.0 cm³/mol. The summed E-state index contributed by atoms with van der Waals surface area (Å²) in [5.74, 6) is 0. The van der Waals surface area contributed by atoms with Crippen molar-refractivity contribution in [3.05, 3.63) is 35.3 Å². The van der Waals surface area contributed by atoms with Crippen LogP contribution in [0.3, 0.4) is 0 Å². The topological polar surface area (TPSA) is 41.8 Å². The van der Waals surface area contributed by atoms with Crippen LogP contribution in [0.2, 0.25) is 0 Å². The molecule has 0 aromatic carbocycles. The van der Waals surface area contributed by atoms with Gasteiger partial charge in [0.1, 0.15) is 0 Å². The van der Waals surface area contributed by atoms with Crippen LogP contribution >= 0.6 is 11.3 Å². The molecule has 0 saturated carbocycles. The highest BCUT2D eigenvalue weighted by atomic mass is 32.1. The molecule has 0 atom stereocenters. The fourth-order valence-electron chi connectivity index (χ4n) is 1.20. The Balaban J connectivity index is 2.46. The number of aromatic nitrogens is 1. The average molecular weight is 178 g/mol. The summed E-state index contributed by atoms with van der Waals surface area (Å²) in [5, 5.41) is 2.07. The summed E-state index contributed by atoms with van der Waals surface area (Å²) >= 11 is 1.72. The van der Waals surface area contributed by atoms with E-state index >= 15 is 0 Å². The largest absolute Gasteiger partial charge is 0.361 e. The molecular weight excluding hydrogens is 168 g/mol. The van der Waals surface area contributed by atoms with Gasteiger partial charge >= 0.3 is 0 Å². The minimum Gasteiger partial charge on any atom is -0.361 e. The molecule has 0 radical (unpaired) electrons. The predicted octanol–water partition coefficient (Wildman–Crippen LogP) is 2.20. The van der Waals surface area contributed by atoms with Gasteiger partial charge in [-0.05, 0) is 29.1 Å². The zero-order valence-electron chi connectivity index (χ0n) is 6.58. The van der Waals surface area contributed by atoms with Gasteiger partial charge in [-0.25, -0.2) is 0 Å². The number of hydrogen-bond donors (Lipinski definition) is 2. The Bertz CT molecular complexity index is 348. The second-order valence-electron chi connectivity index (χ2n) is 2.56. The summed E-state index contributed by atoms with van der Waals surface area (Å²) < 4.78 is 0. The van der Waals surface area contributed by atoms with Gasteiger partial charge in [-0.1, -0.05) is 0 Å². The van der Waals surface area contributed by atoms with Crippen molar-refractivity contribution in [1.29, 1.82) is 0 Å². The number of hydrogen-bond acceptors (Lipinski definition) is 2. The number of rotatable bonds is 2. The first-order valence-electron chi connectivity index (χ1n) is 3.82. The van der Waals surface area contributed by atoms with Gasteiger partial charge in [0.05, 0.1) is 10.6 Å². The summed E-state index contributed by atoms with van der Waals surface area (Å²) in [6.45, 7) is 0.609. The Hall–Kier alpha value is -1.06. The highest BCUT2D eigenvalue weighted by Gasteiger charge is 2.04. The lowest BCUT2D eigenvalue weighted by Crippen LogP contribution is -1.95. The van der Waals surface area contributed by atoms with E-state index in [0.717, 1.165) is 5.69 Å². The third-order valence-corrected chi connectivity index (χ3v) is 2.80. The third kappa shape index (κ3) is 1.17. The summed E-state index contributed by atoms with van der Waals surface area (Å²) in [7, 11) is 0. The maximum atomic E-state index is 5.59. The number of H-pyrrole nitrogens is 1. The summed E-state index contributed by atoms with van der Waals surface area (Å²) in [6, 6.07) is 6.13. The highest BCUT2D eigenvalue weighted by Crippen LogP contribution is 2.27. The molecule has 2 heterocycles. The number of nitrogens with one attached hydrogen (secondary N) is 1. The molecule has 0 saturated heterocycles. The Labute approximate surface area is 75.0 Å². The lowest BCUT2D eigenvalue weighted by Gasteiger charge is -1.96. The van der Waals surface area contributed by atoms with Crippen LogP contribution < -0.4 is 5.73 Å². The lowest BCUT2D eigenvalue weighted by atomic mass is 10.2. The van der Waals surface area contributed by atoms with E-state index in [9.17, 15) is 0 Å². The van der Waals surface area contributed by atoms with Gasteiger partial charge in [0.25, 0.3) is 0 Å². The van der Waals surface area contributed by atoms with Gasteiger partial charge in [0, 0.05) is 12.7 Å². The molecular formula is C9H10N2S. The van der Waals surface area contributed by atoms with E-state index in [1.807, 2.05) is 12.3 Å². The van der Waals surface area contributed by atoms with Crippen LogP contribution in [-0.2, 0) is 6.54 Å². The maximum absolute atomic E-state index is 5.59. The zero-order chi connectivity index (χ0) is 8.39. The van der Waals surface area contributed by atoms with Crippen molar-refractivity contribution < 1.29 is 0 Å². The van der Waals surface area contributed by atoms with Crippen molar-refractivity contribution in [2.75, 3.05) is 0 Å². The monoisotopic (exact) mass is 178 g/mol. The molecule has 0 fully saturated rings. The highest BCUT2D eigenvalue weighted by molar-refractivity contribution is 7.13. The molecule has 2 aromatic rings. The first-order chi connectivity index (χ1) is 5.92. The van der Waals surface area contributed by atoms with Crippen LogP contribution in [0.1, 0.15) is 5.56 Å². The summed E-state index contributed by atoms with van der Waals surface area (Å²) in [4.78, 5) is 4.42. The molecule has 0 aliphatic rings. The van der Waals surface area contributed by atoms with E-state index in [0.29, 0.717) is 6.54 Å². The standard InChI is InChI=1S/C9H10N2S/c10-6-7-3-5-12-9(7)8-2-1-4-11-8/h1-5,11H,6,10H2. The molecule has 12 heavy (non-hydrogen) atoms. The van der Waals surface area contributed by atoms with Crippen LogP contribution in [-0.4, -0.2) is 4.98 Å². The molecule has 0 amide bonds. The van der Waals surface area contributed by atoms with Crippen LogP contribution in [0.5, 0.6) is 0 Å². The molecule has 3 N–H and O–H groups in total. The average Bonchev–Trinajstić information content (AvgIpc) is 2.74. The van der Waals surface area contributed by atoms with Gasteiger partial charge in [0.15, 0.2) is 0 Å². The van der Waals surface area contributed by atoms with E-state index in [1.165, 1.54) is 10.4 Å². The molecule has 2 rings (SSSR count). The fourth-order valence-corrected chi connectivity index (χ4v) is 2.13. The van der Waals surface area contributed by atoms with Crippen LogP contribution in [0, 0.1) is 0 Å². The fraction of sp³-hybridized carbons (Fsp3) is 0.111. The third-order valence-electron chi connectivity index (χ3n) is 1.81. The van der Waals surface area contributed by atoms with Gasteiger partial charge in [-0.3, -0.25) is 0 Å². The van der Waals surface area contributed by atoms with Gasteiger partial charge in [0.2, 0.25) is 0 Å². The Morgan fingerprint density at radius 3 is 3.00 bits per heavy atom. The van der Waals surface area contributed by atoms with E-state index in [1.54, 1.807) is 11.3 Å². The molecule has 0 aliphatic carbocycles. The zero-order valence-corrected chi connectivity index (χ0v) is 7.40. The normalized spacial score (nSPS) is 10.4. The molecule has 0 unspecified atom stereocenters. The quantitative estimate of drug-likeness (QED) is 0.727. The molecule has 3 heteroatoms. The number of nitrogens with two attached hydrogens (primary N) is 1. The second kappa shape index (κ2) is 3.13. The molecule has 0 spiro atoms. The van der Waals surface area contributed by atoms with Gasteiger partial charge in [-0.2, -0.15) is 0 Å². The Kier molecular flexibility index (Phi) is 1.98. The molecule has 0 bridgehead atoms. The summed E-state index contributed by atoms with van der Waals surface area (Å²) in [6.07, 6.45) is 1.93. The van der Waals surface area contributed by atoms with Crippen molar-refractivity contribution in [3.8, 4) is 10.6 Å². The first-order valence-corrected chi connectivity index (χ1v) is 4.70. The van der Waals surface area contributed by atoms with Gasteiger partial charge in [-0.15, -0.1) is 11.3 Å². The van der Waals surface area contributed by atoms with Crippen molar-refractivity contribution in [1.82, 2.24) is 4.98 Å². The van der Waals surface area contributed by atoms with Crippen molar-refractivity contribution in [3.63, 3.8) is 0 Å². The Morgan fingerprint density at radius 2 is 2.33 bits per heavy atom. The van der Waals surface area contributed by atoms with E-state index in [4.69, 9.17) is 5.73 Å². The molecule has 62 valence electrons. The molecule has 0 aliphatic heterocycles. The SMILES string of the molecule is NCc1ccsc1-c1ccc[nH]1. The van der Waals surface area contributed by atoms with Crippen LogP contribution in [0.15, 0.2) is 29.8 Å². The van der Waals surface area contributed by atoms with Crippen molar-refractivity contribution in [2.24, 2.45) is 5.73 Å². The van der Waals surface area contributed by atoms with E-state index < -0.39 is 0 Å². The van der Waals surface area contributed by atoms with Crippen molar-refractivity contribution >= 4 is 11.3 Å². The van der Waals surface area contributed by atoms with E-state index in [2.05, 4.69) is 22.5 Å². The molecule has 2 aromatic heterocycles. The smallest absolute Gasteiger partial charge is 0.0558 e. The minimum atomic E-state index is 0.609. The first kappa shape index (κ1) is 7.58. The number of aromatic amines is 1. The van der Waals surface area contributed by atoms with Crippen LogP contribution in [0.25, 0.3) is 10.6 Å². The lowest BCUT2D eigenvalue weighted by molar-refractivity contribution is 1.08. The molecule has 2 nitrogen and oxygen atoms in total. The minimum absolute atomic E-state index is 0.609. The van der Waals surface area contributed by atoms with Crippen LogP contribution in [0.4, 0.5) is 0 Å². The number of thiophene rings is 1. The van der Waals surface area contributed by atoms with E-state index in [-0.39, 0.29) is 0 Å². The van der Waals surface area contributed by atoms with Crippen molar-refractivity contribution in [2.45, 2.75) is 6.54 Å². The maximum Gasteiger partial charge on any atom is 0.0558 e. The summed E-state index contributed by atoms with van der Waals surface area (Å²) in [5.41, 5.74) is 7.96. The Morgan fingerprint density at radius 1 is 1.42 bits per heavy atom.